The summed E-state index contributed by atoms with van der Waals surface area (Å²) >= 11 is 0. The van der Waals surface area contributed by atoms with Gasteiger partial charge in [0.2, 0.25) is 5.91 Å². The molecule has 3 heteroatoms. The molecule has 0 aromatic heterocycles. The Morgan fingerprint density at radius 3 is 2.78 bits per heavy atom. The molecular formula is C15H21NO2. The van der Waals surface area contributed by atoms with Gasteiger partial charge in [-0.15, -0.1) is 0 Å². The number of benzene rings is 1. The zero-order valence-corrected chi connectivity index (χ0v) is 11.1. The normalized spacial score (nSPS) is 24.0. The van der Waals surface area contributed by atoms with Crippen LogP contribution in [0.15, 0.2) is 24.3 Å². The van der Waals surface area contributed by atoms with Crippen LogP contribution in [0.2, 0.25) is 0 Å². The molecule has 2 atom stereocenters. The molecule has 0 radical (unpaired) electrons. The standard InChI is InChI=1S/C15H21NO2/c1-11-7-8-12(2)16(10-11)15(18)9-13-5-3-4-6-14(13)17/h3-6,11-12,17H,7-10H2,1-2H3. The van der Waals surface area contributed by atoms with E-state index in [1.807, 2.05) is 17.0 Å². The first-order valence-electron chi connectivity index (χ1n) is 6.64. The number of carbonyl (C=O) groups is 1. The number of nitrogens with zero attached hydrogens (tertiary/aromatic N) is 1. The van der Waals surface area contributed by atoms with Gasteiger partial charge >= 0.3 is 0 Å². The van der Waals surface area contributed by atoms with Crippen molar-refractivity contribution in [2.45, 2.75) is 39.2 Å². The molecule has 1 aromatic carbocycles. The van der Waals surface area contributed by atoms with Crippen molar-refractivity contribution in [1.29, 1.82) is 0 Å². The summed E-state index contributed by atoms with van der Waals surface area (Å²) in [6, 6.07) is 7.38. The molecule has 18 heavy (non-hydrogen) atoms. The predicted molar refractivity (Wildman–Crippen MR) is 71.4 cm³/mol. The van der Waals surface area contributed by atoms with Crippen LogP contribution in [0.4, 0.5) is 0 Å². The van der Waals surface area contributed by atoms with Crippen molar-refractivity contribution in [3.63, 3.8) is 0 Å². The fourth-order valence-corrected chi connectivity index (χ4v) is 2.56. The zero-order valence-electron chi connectivity index (χ0n) is 11.1. The minimum atomic E-state index is 0.121. The maximum absolute atomic E-state index is 12.3. The molecule has 0 spiro atoms. The average molecular weight is 247 g/mol. The van der Waals surface area contributed by atoms with Crippen molar-refractivity contribution >= 4 is 5.91 Å². The largest absolute Gasteiger partial charge is 0.508 e. The molecule has 1 N–H and O–H groups in total. The van der Waals surface area contributed by atoms with Gasteiger partial charge in [0, 0.05) is 18.2 Å². The summed E-state index contributed by atoms with van der Waals surface area (Å²) in [5.74, 6) is 0.911. The maximum Gasteiger partial charge on any atom is 0.227 e. The Labute approximate surface area is 108 Å². The minimum Gasteiger partial charge on any atom is -0.508 e. The second-order valence-corrected chi connectivity index (χ2v) is 5.38. The van der Waals surface area contributed by atoms with E-state index in [1.165, 1.54) is 6.42 Å². The van der Waals surface area contributed by atoms with E-state index in [4.69, 9.17) is 0 Å². The Morgan fingerprint density at radius 1 is 1.33 bits per heavy atom. The first kappa shape index (κ1) is 12.9. The van der Waals surface area contributed by atoms with Crippen molar-refractivity contribution in [2.24, 2.45) is 5.92 Å². The lowest BCUT2D eigenvalue weighted by molar-refractivity contribution is -0.134. The summed E-state index contributed by atoms with van der Waals surface area (Å²) in [6.07, 6.45) is 2.57. The number of amides is 1. The van der Waals surface area contributed by atoms with Crippen LogP contribution in [-0.4, -0.2) is 28.5 Å². The van der Waals surface area contributed by atoms with E-state index < -0.39 is 0 Å². The molecule has 3 nitrogen and oxygen atoms in total. The lowest BCUT2D eigenvalue weighted by Gasteiger charge is -2.37. The van der Waals surface area contributed by atoms with Gasteiger partial charge in [0.1, 0.15) is 5.75 Å². The van der Waals surface area contributed by atoms with Crippen LogP contribution >= 0.6 is 0 Å². The van der Waals surface area contributed by atoms with Gasteiger partial charge in [0.25, 0.3) is 0 Å². The molecule has 1 fully saturated rings. The molecule has 1 saturated heterocycles. The van der Waals surface area contributed by atoms with Crippen molar-refractivity contribution < 1.29 is 9.90 Å². The molecule has 2 rings (SSSR count). The summed E-state index contributed by atoms with van der Waals surface area (Å²) in [4.78, 5) is 14.2. The fraction of sp³-hybridized carbons (Fsp3) is 0.533. The van der Waals surface area contributed by atoms with Gasteiger partial charge < -0.3 is 10.0 Å². The van der Waals surface area contributed by atoms with Gasteiger partial charge in [-0.3, -0.25) is 4.79 Å². The Morgan fingerprint density at radius 2 is 2.06 bits per heavy atom. The lowest BCUT2D eigenvalue weighted by Crippen LogP contribution is -2.45. The lowest BCUT2D eigenvalue weighted by atomic mass is 9.94. The van der Waals surface area contributed by atoms with E-state index in [1.54, 1.807) is 12.1 Å². The smallest absolute Gasteiger partial charge is 0.227 e. The van der Waals surface area contributed by atoms with Crippen molar-refractivity contribution in [2.75, 3.05) is 6.54 Å². The summed E-state index contributed by atoms with van der Waals surface area (Å²) in [5.41, 5.74) is 0.716. The molecule has 0 saturated carbocycles. The van der Waals surface area contributed by atoms with Crippen molar-refractivity contribution in [1.82, 2.24) is 4.90 Å². The number of para-hydroxylation sites is 1. The third kappa shape index (κ3) is 2.84. The highest BCUT2D eigenvalue weighted by atomic mass is 16.3. The zero-order chi connectivity index (χ0) is 13.1. The third-order valence-electron chi connectivity index (χ3n) is 3.77. The van der Waals surface area contributed by atoms with Gasteiger partial charge in [0.05, 0.1) is 6.42 Å². The molecular weight excluding hydrogens is 226 g/mol. The number of likely N-dealkylation sites (tertiary alicyclic amines) is 1. The van der Waals surface area contributed by atoms with Crippen LogP contribution in [-0.2, 0) is 11.2 Å². The molecule has 1 aliphatic heterocycles. The first-order chi connectivity index (χ1) is 8.58. The quantitative estimate of drug-likeness (QED) is 0.872. The second-order valence-electron chi connectivity index (χ2n) is 5.38. The molecule has 0 aliphatic carbocycles. The van der Waals surface area contributed by atoms with E-state index in [2.05, 4.69) is 13.8 Å². The van der Waals surface area contributed by atoms with Gasteiger partial charge in [-0.25, -0.2) is 0 Å². The molecule has 1 amide bonds. The Bertz CT molecular complexity index is 430. The fourth-order valence-electron chi connectivity index (χ4n) is 2.56. The monoisotopic (exact) mass is 247 g/mol. The van der Waals surface area contributed by atoms with Crippen LogP contribution in [0.5, 0.6) is 5.75 Å². The van der Waals surface area contributed by atoms with E-state index in [-0.39, 0.29) is 11.7 Å². The Balaban J connectivity index is 2.05. The Kier molecular flexibility index (Phi) is 3.90. The number of carbonyl (C=O) groups excluding carboxylic acids is 1. The Hall–Kier alpha value is -1.51. The van der Waals surface area contributed by atoms with Crippen LogP contribution in [0.25, 0.3) is 0 Å². The maximum atomic E-state index is 12.3. The molecule has 0 bridgehead atoms. The van der Waals surface area contributed by atoms with Crippen LogP contribution in [0, 0.1) is 5.92 Å². The summed E-state index contributed by atoms with van der Waals surface area (Å²) in [6.45, 7) is 5.13. The second kappa shape index (κ2) is 5.42. The van der Waals surface area contributed by atoms with Crippen LogP contribution < -0.4 is 0 Å². The first-order valence-corrected chi connectivity index (χ1v) is 6.64. The van der Waals surface area contributed by atoms with Crippen LogP contribution in [0.3, 0.4) is 0 Å². The summed E-state index contributed by atoms with van der Waals surface area (Å²) in [5, 5.41) is 9.70. The topological polar surface area (TPSA) is 40.5 Å². The molecule has 1 aliphatic rings. The van der Waals surface area contributed by atoms with Gasteiger partial charge in [-0.1, -0.05) is 25.1 Å². The molecule has 1 heterocycles. The molecule has 2 unspecified atom stereocenters. The third-order valence-corrected chi connectivity index (χ3v) is 3.77. The number of piperidine rings is 1. The summed E-state index contributed by atoms with van der Waals surface area (Å²) < 4.78 is 0. The highest BCUT2D eigenvalue weighted by Crippen LogP contribution is 2.23. The number of aromatic hydroxyl groups is 1. The highest BCUT2D eigenvalue weighted by Gasteiger charge is 2.26. The number of hydrogen-bond acceptors (Lipinski definition) is 2. The predicted octanol–water partition coefficient (Wildman–Crippen LogP) is 2.58. The number of hydrogen-bond donors (Lipinski definition) is 1. The SMILES string of the molecule is CC1CCC(C)N(C(=O)Cc2ccccc2O)C1. The van der Waals surface area contributed by atoms with Crippen molar-refractivity contribution in [3.8, 4) is 5.75 Å². The number of rotatable bonds is 2. The van der Waals surface area contributed by atoms with E-state index in [9.17, 15) is 9.90 Å². The van der Waals surface area contributed by atoms with Crippen molar-refractivity contribution in [3.05, 3.63) is 29.8 Å². The molecule has 1 aromatic rings. The van der Waals surface area contributed by atoms with Crippen LogP contribution in [0.1, 0.15) is 32.3 Å². The number of phenols is 1. The average Bonchev–Trinajstić information content (AvgIpc) is 2.35. The highest BCUT2D eigenvalue weighted by molar-refractivity contribution is 5.79. The number of phenolic OH excluding ortho intramolecular Hbond substituents is 1. The van der Waals surface area contributed by atoms with Gasteiger partial charge in [-0.2, -0.15) is 0 Å². The van der Waals surface area contributed by atoms with E-state index >= 15 is 0 Å². The van der Waals surface area contributed by atoms with E-state index in [0.717, 1.165) is 13.0 Å². The van der Waals surface area contributed by atoms with Gasteiger partial charge in [0.15, 0.2) is 0 Å². The van der Waals surface area contributed by atoms with Gasteiger partial charge in [-0.05, 0) is 31.7 Å². The summed E-state index contributed by atoms with van der Waals surface area (Å²) in [7, 11) is 0. The minimum absolute atomic E-state index is 0.121. The molecule has 98 valence electrons. The van der Waals surface area contributed by atoms with E-state index in [0.29, 0.717) is 23.9 Å².